The van der Waals surface area contributed by atoms with E-state index in [1.807, 2.05) is 0 Å². The second-order valence-electron chi connectivity index (χ2n) is 5.29. The molecule has 2 heterocycles. The molecule has 0 aliphatic rings. The molecule has 0 unspecified atom stereocenters. The molecule has 0 N–H and O–H groups in total. The largest absolute Gasteiger partial charge is 0.494 e. The highest BCUT2D eigenvalue weighted by Crippen LogP contribution is 2.23. The van der Waals surface area contributed by atoms with Gasteiger partial charge in [-0.15, -0.1) is 17.9 Å². The van der Waals surface area contributed by atoms with Gasteiger partial charge in [0.15, 0.2) is 22.5 Å². The first-order chi connectivity index (χ1) is 12.5. The number of benzene rings is 1. The normalized spacial score (nSPS) is 10.8. The van der Waals surface area contributed by atoms with Crippen LogP contribution in [0.15, 0.2) is 52.3 Å². The van der Waals surface area contributed by atoms with E-state index in [0.717, 1.165) is 17.8 Å². The van der Waals surface area contributed by atoms with Crippen molar-refractivity contribution in [1.29, 1.82) is 0 Å². The van der Waals surface area contributed by atoms with Crippen molar-refractivity contribution in [3.63, 3.8) is 0 Å². The van der Waals surface area contributed by atoms with Gasteiger partial charge >= 0.3 is 0 Å². The predicted molar refractivity (Wildman–Crippen MR) is 102 cm³/mol. The molecule has 0 amide bonds. The molecule has 3 rings (SSSR count). The van der Waals surface area contributed by atoms with Gasteiger partial charge in [0.05, 0.1) is 18.4 Å². The van der Waals surface area contributed by atoms with E-state index in [1.165, 1.54) is 35.1 Å². The molecule has 134 valence electrons. The molecule has 0 aliphatic carbocycles. The molecule has 2 aromatic heterocycles. The third-order valence-corrected chi connectivity index (χ3v) is 5.52. The Morgan fingerprint density at radius 2 is 2.27 bits per heavy atom. The van der Waals surface area contributed by atoms with Crippen LogP contribution < -0.4 is 10.3 Å². The van der Waals surface area contributed by atoms with E-state index in [4.69, 9.17) is 4.74 Å². The number of nitrogens with zero attached hydrogens (tertiary/aromatic N) is 2. The Hall–Kier alpha value is -2.45. The summed E-state index contributed by atoms with van der Waals surface area (Å²) in [5, 5.41) is 2.24. The molecule has 1 aromatic carbocycles. The first-order valence-electron chi connectivity index (χ1n) is 7.63. The van der Waals surface area contributed by atoms with Crippen LogP contribution in [0.25, 0.3) is 10.2 Å². The van der Waals surface area contributed by atoms with Gasteiger partial charge < -0.3 is 4.74 Å². The quantitative estimate of drug-likeness (QED) is 0.266. The lowest BCUT2D eigenvalue weighted by Gasteiger charge is -2.10. The maximum absolute atomic E-state index is 13.8. The number of halogens is 1. The summed E-state index contributed by atoms with van der Waals surface area (Å²) < 4.78 is 20.7. The molecule has 8 heteroatoms. The topological polar surface area (TPSA) is 61.2 Å². The van der Waals surface area contributed by atoms with Gasteiger partial charge in [0.1, 0.15) is 4.70 Å². The highest BCUT2D eigenvalue weighted by Gasteiger charge is 2.15. The number of aromatic nitrogens is 2. The lowest BCUT2D eigenvalue weighted by atomic mass is 10.1. The zero-order valence-electron chi connectivity index (χ0n) is 13.9. The number of allylic oxidation sites excluding steroid dienone is 1. The van der Waals surface area contributed by atoms with Gasteiger partial charge in [0.2, 0.25) is 0 Å². The van der Waals surface area contributed by atoms with Crippen molar-refractivity contribution < 1.29 is 13.9 Å². The maximum Gasteiger partial charge on any atom is 0.272 e. The van der Waals surface area contributed by atoms with Crippen molar-refractivity contribution in [2.24, 2.45) is 0 Å². The SMILES string of the molecule is C=CCn1c(SCC(=O)c2ccc(OC)c(F)c2)nc2ccsc2c1=O. The fourth-order valence-corrected chi connectivity index (χ4v) is 4.06. The third-order valence-electron chi connectivity index (χ3n) is 3.65. The Morgan fingerprint density at radius 3 is 2.96 bits per heavy atom. The van der Waals surface area contributed by atoms with E-state index in [-0.39, 0.29) is 28.4 Å². The molecule has 0 saturated carbocycles. The van der Waals surface area contributed by atoms with Crippen LogP contribution in [0.4, 0.5) is 4.39 Å². The van der Waals surface area contributed by atoms with Gasteiger partial charge in [-0.3, -0.25) is 14.2 Å². The number of hydrogen-bond donors (Lipinski definition) is 0. The molecular weight excluding hydrogens is 375 g/mol. The number of rotatable bonds is 7. The van der Waals surface area contributed by atoms with Crippen molar-refractivity contribution >= 4 is 39.1 Å². The fraction of sp³-hybridized carbons (Fsp3) is 0.167. The van der Waals surface area contributed by atoms with E-state index in [1.54, 1.807) is 17.5 Å². The number of hydrogen-bond acceptors (Lipinski definition) is 6. The molecular formula is C18H15FN2O3S2. The molecule has 0 atom stereocenters. The first kappa shape index (κ1) is 18.3. The van der Waals surface area contributed by atoms with Crippen molar-refractivity contribution in [3.8, 4) is 5.75 Å². The summed E-state index contributed by atoms with van der Waals surface area (Å²) in [4.78, 5) is 29.4. The summed E-state index contributed by atoms with van der Waals surface area (Å²) in [6, 6.07) is 5.84. The number of carbonyl (C=O) groups is 1. The molecule has 0 aliphatic heterocycles. The van der Waals surface area contributed by atoms with Crippen LogP contribution in [-0.2, 0) is 6.54 Å². The summed E-state index contributed by atoms with van der Waals surface area (Å²) >= 11 is 2.47. The monoisotopic (exact) mass is 390 g/mol. The van der Waals surface area contributed by atoms with E-state index >= 15 is 0 Å². The van der Waals surface area contributed by atoms with Crippen molar-refractivity contribution in [2.75, 3.05) is 12.9 Å². The minimum Gasteiger partial charge on any atom is -0.494 e. The second-order valence-corrected chi connectivity index (χ2v) is 7.15. The Balaban J connectivity index is 1.85. The van der Waals surface area contributed by atoms with Crippen LogP contribution in [0, 0.1) is 5.82 Å². The first-order valence-corrected chi connectivity index (χ1v) is 9.50. The molecule has 0 spiro atoms. The van der Waals surface area contributed by atoms with Gasteiger partial charge in [0, 0.05) is 12.1 Å². The molecule has 0 saturated heterocycles. The Kier molecular flexibility index (Phi) is 5.53. The van der Waals surface area contributed by atoms with E-state index in [0.29, 0.717) is 21.9 Å². The van der Waals surface area contributed by atoms with Crippen molar-refractivity contribution in [1.82, 2.24) is 9.55 Å². The standard InChI is InChI=1S/C18H15FN2O3S2/c1-3-7-21-17(23)16-13(6-8-25-16)20-18(21)26-10-14(22)11-4-5-15(24-2)12(19)9-11/h3-6,8-9H,1,7,10H2,2H3. The summed E-state index contributed by atoms with van der Waals surface area (Å²) in [5.74, 6) is -0.741. The average molecular weight is 390 g/mol. The van der Waals surface area contributed by atoms with Gasteiger partial charge in [-0.1, -0.05) is 17.8 Å². The van der Waals surface area contributed by atoms with Crippen LogP contribution >= 0.6 is 23.1 Å². The highest BCUT2D eigenvalue weighted by molar-refractivity contribution is 7.99. The second kappa shape index (κ2) is 7.84. The smallest absolute Gasteiger partial charge is 0.272 e. The Morgan fingerprint density at radius 1 is 1.46 bits per heavy atom. The summed E-state index contributed by atoms with van der Waals surface area (Å²) in [7, 11) is 1.36. The number of methoxy groups -OCH3 is 1. The Bertz CT molecular complexity index is 1040. The molecule has 26 heavy (non-hydrogen) atoms. The van der Waals surface area contributed by atoms with Crippen LogP contribution in [0.2, 0.25) is 0 Å². The zero-order chi connectivity index (χ0) is 18.7. The number of Topliss-reactive ketones (excluding diaryl/α,β-unsaturated/α-hetero) is 1. The summed E-state index contributed by atoms with van der Waals surface area (Å²) in [6.45, 7) is 3.96. The van der Waals surface area contributed by atoms with Gasteiger partial charge in [0.25, 0.3) is 5.56 Å². The predicted octanol–water partition coefficient (Wildman–Crippen LogP) is 3.77. The average Bonchev–Trinajstić information content (AvgIpc) is 3.11. The highest BCUT2D eigenvalue weighted by atomic mass is 32.2. The summed E-state index contributed by atoms with van der Waals surface area (Å²) in [5.41, 5.74) is 0.686. The number of ketones is 1. The molecule has 3 aromatic rings. The zero-order valence-corrected chi connectivity index (χ0v) is 15.5. The van der Waals surface area contributed by atoms with Gasteiger partial charge in [-0.2, -0.15) is 0 Å². The summed E-state index contributed by atoms with van der Waals surface area (Å²) in [6.07, 6.45) is 1.60. The van der Waals surface area contributed by atoms with Gasteiger partial charge in [-0.25, -0.2) is 9.37 Å². The number of ether oxygens (including phenoxy) is 1. The lowest BCUT2D eigenvalue weighted by molar-refractivity contribution is 0.102. The lowest BCUT2D eigenvalue weighted by Crippen LogP contribution is -2.22. The number of thiophene rings is 1. The maximum atomic E-state index is 13.8. The number of fused-ring (bicyclic) bond motifs is 1. The minimum atomic E-state index is -0.593. The molecule has 0 bridgehead atoms. The van der Waals surface area contributed by atoms with Gasteiger partial charge in [-0.05, 0) is 29.6 Å². The van der Waals surface area contributed by atoms with Crippen LogP contribution in [0.1, 0.15) is 10.4 Å². The van der Waals surface area contributed by atoms with Crippen molar-refractivity contribution in [2.45, 2.75) is 11.7 Å². The minimum absolute atomic E-state index is 0.0327. The number of thioether (sulfide) groups is 1. The third kappa shape index (κ3) is 3.56. The molecule has 0 radical (unpaired) electrons. The molecule has 0 fully saturated rings. The number of carbonyl (C=O) groups excluding carboxylic acids is 1. The van der Waals surface area contributed by atoms with Crippen LogP contribution in [0.3, 0.4) is 0 Å². The fourth-order valence-electron chi connectivity index (χ4n) is 2.38. The Labute approximate surface area is 157 Å². The van der Waals surface area contributed by atoms with E-state index in [9.17, 15) is 14.0 Å². The van der Waals surface area contributed by atoms with E-state index < -0.39 is 5.82 Å². The van der Waals surface area contributed by atoms with E-state index in [2.05, 4.69) is 11.6 Å². The molecule has 5 nitrogen and oxygen atoms in total. The van der Waals surface area contributed by atoms with Crippen LogP contribution in [0.5, 0.6) is 5.75 Å². The van der Waals surface area contributed by atoms with Crippen molar-refractivity contribution in [3.05, 3.63) is 64.0 Å². The van der Waals surface area contributed by atoms with Crippen LogP contribution in [-0.4, -0.2) is 28.2 Å².